The molecule has 0 spiro atoms. The number of carbonyl (C=O) groups excluding carboxylic acids is 1. The fourth-order valence-electron chi connectivity index (χ4n) is 2.75. The van der Waals surface area contributed by atoms with Crippen LogP contribution in [0.4, 0.5) is 14.6 Å². The van der Waals surface area contributed by atoms with Crippen molar-refractivity contribution in [3.8, 4) is 11.3 Å². The maximum absolute atomic E-state index is 13.9. The first kappa shape index (κ1) is 18.8. The van der Waals surface area contributed by atoms with Gasteiger partial charge in [0, 0.05) is 28.4 Å². The molecule has 0 saturated carbocycles. The summed E-state index contributed by atoms with van der Waals surface area (Å²) in [4.78, 5) is 12.4. The number of amides is 1. The Bertz CT molecular complexity index is 1150. The number of hydrogen-bond donors (Lipinski definition) is 2. The molecule has 6 nitrogen and oxygen atoms in total. The molecule has 2 aromatic heterocycles. The van der Waals surface area contributed by atoms with Gasteiger partial charge in [-0.1, -0.05) is 17.7 Å². The fourth-order valence-corrected chi connectivity index (χ4v) is 2.97. The van der Waals surface area contributed by atoms with Crippen molar-refractivity contribution >= 4 is 23.3 Å². The largest absolute Gasteiger partial charge is 0.304 e. The van der Waals surface area contributed by atoms with Gasteiger partial charge in [0.2, 0.25) is 0 Å². The monoisotopic (exact) mass is 413 g/mol. The quantitative estimate of drug-likeness (QED) is 0.505. The molecule has 146 valence electrons. The molecule has 0 aliphatic carbocycles. The third-order valence-corrected chi connectivity index (χ3v) is 4.58. The second-order valence-corrected chi connectivity index (χ2v) is 6.63. The highest BCUT2D eigenvalue weighted by atomic mass is 35.5. The van der Waals surface area contributed by atoms with Crippen LogP contribution in [0.15, 0.2) is 60.8 Å². The van der Waals surface area contributed by atoms with E-state index < -0.39 is 11.7 Å². The number of H-pyrrole nitrogens is 1. The highest BCUT2D eigenvalue weighted by Gasteiger charge is 2.14. The molecular weight excluding hydrogens is 400 g/mol. The maximum atomic E-state index is 13.9. The molecule has 4 rings (SSSR count). The zero-order valence-electron chi connectivity index (χ0n) is 14.9. The number of anilines is 1. The van der Waals surface area contributed by atoms with Crippen molar-refractivity contribution in [3.63, 3.8) is 0 Å². The van der Waals surface area contributed by atoms with E-state index in [4.69, 9.17) is 11.6 Å². The average Bonchev–Trinajstić information content (AvgIpc) is 3.35. The number of aromatic amines is 1. The van der Waals surface area contributed by atoms with Crippen LogP contribution in [-0.2, 0) is 6.54 Å². The van der Waals surface area contributed by atoms with Gasteiger partial charge in [0.05, 0.1) is 12.2 Å². The molecule has 9 heteroatoms. The van der Waals surface area contributed by atoms with E-state index in [0.717, 1.165) is 0 Å². The van der Waals surface area contributed by atoms with Crippen LogP contribution in [0.2, 0.25) is 5.02 Å². The van der Waals surface area contributed by atoms with Gasteiger partial charge in [-0.3, -0.25) is 14.6 Å². The number of aromatic nitrogens is 4. The van der Waals surface area contributed by atoms with Gasteiger partial charge in [-0.05, 0) is 42.5 Å². The fraction of sp³-hybridized carbons (Fsp3) is 0.0500. The topological polar surface area (TPSA) is 75.6 Å². The van der Waals surface area contributed by atoms with E-state index in [2.05, 4.69) is 20.6 Å². The van der Waals surface area contributed by atoms with E-state index in [9.17, 15) is 13.6 Å². The summed E-state index contributed by atoms with van der Waals surface area (Å²) >= 11 is 6.03. The lowest BCUT2D eigenvalue weighted by Gasteiger charge is -2.06. The Morgan fingerprint density at radius 2 is 1.93 bits per heavy atom. The van der Waals surface area contributed by atoms with E-state index in [1.807, 2.05) is 0 Å². The minimum atomic E-state index is -0.444. The van der Waals surface area contributed by atoms with Gasteiger partial charge in [0.25, 0.3) is 5.91 Å². The van der Waals surface area contributed by atoms with Crippen LogP contribution < -0.4 is 5.32 Å². The van der Waals surface area contributed by atoms with E-state index in [-0.39, 0.29) is 18.1 Å². The standard InChI is InChI=1S/C20H14ClF2N5O/c21-15-2-1-3-16(23)14(15)11-28-9-8-19(27-28)24-20(29)18-10-17(25-26-18)12-4-6-13(22)7-5-12/h1-10H,11H2,(H,25,26)(H,24,27,29). The molecule has 1 amide bonds. The van der Waals surface area contributed by atoms with E-state index in [0.29, 0.717) is 27.7 Å². The van der Waals surface area contributed by atoms with Crippen LogP contribution in [-0.4, -0.2) is 25.9 Å². The number of benzene rings is 2. The maximum Gasteiger partial charge on any atom is 0.274 e. The molecule has 4 aromatic rings. The molecule has 29 heavy (non-hydrogen) atoms. The molecule has 2 N–H and O–H groups in total. The summed E-state index contributed by atoms with van der Waals surface area (Å²) in [6, 6.07) is 13.4. The molecule has 2 heterocycles. The van der Waals surface area contributed by atoms with Gasteiger partial charge in [-0.2, -0.15) is 10.2 Å². The first-order valence-electron chi connectivity index (χ1n) is 8.58. The van der Waals surface area contributed by atoms with Crippen molar-refractivity contribution in [2.24, 2.45) is 0 Å². The number of carbonyl (C=O) groups is 1. The molecule has 2 aromatic carbocycles. The summed E-state index contributed by atoms with van der Waals surface area (Å²) in [6.07, 6.45) is 1.61. The summed E-state index contributed by atoms with van der Waals surface area (Å²) in [7, 11) is 0. The Morgan fingerprint density at radius 3 is 2.69 bits per heavy atom. The Kier molecular flexibility index (Phi) is 5.09. The minimum absolute atomic E-state index is 0.125. The van der Waals surface area contributed by atoms with Gasteiger partial charge in [-0.25, -0.2) is 8.78 Å². The van der Waals surface area contributed by atoms with Crippen molar-refractivity contribution in [2.75, 3.05) is 5.32 Å². The zero-order valence-corrected chi connectivity index (χ0v) is 15.6. The molecule has 0 unspecified atom stereocenters. The molecule has 0 aliphatic heterocycles. The Balaban J connectivity index is 1.45. The summed E-state index contributed by atoms with van der Waals surface area (Å²) < 4.78 is 28.4. The van der Waals surface area contributed by atoms with Crippen LogP contribution in [0.5, 0.6) is 0 Å². The Hall–Kier alpha value is -3.52. The third kappa shape index (κ3) is 4.17. The number of nitrogens with zero attached hydrogens (tertiary/aromatic N) is 3. The minimum Gasteiger partial charge on any atom is -0.304 e. The Morgan fingerprint density at radius 1 is 1.14 bits per heavy atom. The number of hydrogen-bond acceptors (Lipinski definition) is 3. The van der Waals surface area contributed by atoms with Crippen molar-refractivity contribution < 1.29 is 13.6 Å². The lowest BCUT2D eigenvalue weighted by Crippen LogP contribution is -2.13. The van der Waals surface area contributed by atoms with Crippen LogP contribution in [0, 0.1) is 11.6 Å². The summed E-state index contributed by atoms with van der Waals surface area (Å²) in [5.41, 5.74) is 1.71. The summed E-state index contributed by atoms with van der Waals surface area (Å²) in [6.45, 7) is 0.125. The van der Waals surface area contributed by atoms with Crippen LogP contribution in [0.25, 0.3) is 11.3 Å². The molecule has 0 bridgehead atoms. The number of nitrogens with one attached hydrogen (secondary N) is 2. The van der Waals surface area contributed by atoms with Gasteiger partial charge < -0.3 is 5.32 Å². The van der Waals surface area contributed by atoms with Gasteiger partial charge in [0.15, 0.2) is 5.82 Å². The smallest absolute Gasteiger partial charge is 0.274 e. The van der Waals surface area contributed by atoms with Gasteiger partial charge in [0.1, 0.15) is 17.3 Å². The molecular formula is C20H14ClF2N5O. The second-order valence-electron chi connectivity index (χ2n) is 6.23. The Labute approximate surface area is 169 Å². The van der Waals surface area contributed by atoms with Gasteiger partial charge in [-0.15, -0.1) is 0 Å². The van der Waals surface area contributed by atoms with Crippen LogP contribution in [0.3, 0.4) is 0 Å². The normalized spacial score (nSPS) is 10.9. The first-order chi connectivity index (χ1) is 14.0. The van der Waals surface area contributed by atoms with Gasteiger partial charge >= 0.3 is 0 Å². The lowest BCUT2D eigenvalue weighted by molar-refractivity contribution is 0.102. The number of rotatable bonds is 5. The highest BCUT2D eigenvalue weighted by molar-refractivity contribution is 6.31. The second kappa shape index (κ2) is 7.84. The lowest BCUT2D eigenvalue weighted by atomic mass is 10.1. The molecule has 0 fully saturated rings. The predicted molar refractivity (Wildman–Crippen MR) is 105 cm³/mol. The SMILES string of the molecule is O=C(Nc1ccn(Cc2c(F)cccc2Cl)n1)c1cc(-c2ccc(F)cc2)n[nH]1. The molecule has 0 aliphatic rings. The molecule has 0 atom stereocenters. The molecule has 0 radical (unpaired) electrons. The van der Waals surface area contributed by atoms with E-state index in [1.165, 1.54) is 28.9 Å². The van der Waals surface area contributed by atoms with Crippen LogP contribution >= 0.6 is 11.6 Å². The van der Waals surface area contributed by atoms with Crippen molar-refractivity contribution in [1.29, 1.82) is 0 Å². The van der Waals surface area contributed by atoms with Crippen molar-refractivity contribution in [2.45, 2.75) is 6.54 Å². The van der Waals surface area contributed by atoms with Crippen molar-refractivity contribution in [3.05, 3.63) is 88.7 Å². The van der Waals surface area contributed by atoms with Crippen LogP contribution in [0.1, 0.15) is 16.1 Å². The van der Waals surface area contributed by atoms with E-state index >= 15 is 0 Å². The highest BCUT2D eigenvalue weighted by Crippen LogP contribution is 2.21. The molecule has 0 saturated heterocycles. The third-order valence-electron chi connectivity index (χ3n) is 4.23. The predicted octanol–water partition coefficient (Wildman–Crippen LogP) is 4.51. The first-order valence-corrected chi connectivity index (χ1v) is 8.96. The summed E-state index contributed by atoms with van der Waals surface area (Å²) in [5.74, 6) is -0.931. The summed E-state index contributed by atoms with van der Waals surface area (Å²) in [5, 5.41) is 13.9. The van der Waals surface area contributed by atoms with Crippen molar-refractivity contribution in [1.82, 2.24) is 20.0 Å². The number of halogens is 3. The van der Waals surface area contributed by atoms with E-state index in [1.54, 1.807) is 36.5 Å². The average molecular weight is 414 g/mol. The zero-order chi connectivity index (χ0) is 20.4.